The minimum absolute atomic E-state index is 1.25. The Labute approximate surface area is 103 Å². The third-order valence-corrected chi connectivity index (χ3v) is 2.91. The zero-order valence-electron chi connectivity index (χ0n) is 11.4. The van der Waals surface area contributed by atoms with Gasteiger partial charge in [-0.15, -0.1) is 0 Å². The van der Waals surface area contributed by atoms with Crippen LogP contribution in [0.15, 0.2) is 24.3 Å². The molecule has 0 amide bonds. The van der Waals surface area contributed by atoms with Crippen molar-refractivity contribution in [1.82, 2.24) is 0 Å². The molecule has 0 heterocycles. The van der Waals surface area contributed by atoms with Gasteiger partial charge in [0.2, 0.25) is 0 Å². The lowest BCUT2D eigenvalue weighted by molar-refractivity contribution is 0.566. The molecule has 0 atom stereocenters. The Bertz CT molecular complexity index is 165. The lowest BCUT2D eigenvalue weighted by Gasteiger charge is -2.00. The molecule has 0 saturated heterocycles. The first-order chi connectivity index (χ1) is 7.91. The third-order valence-electron chi connectivity index (χ3n) is 2.91. The summed E-state index contributed by atoms with van der Waals surface area (Å²) in [5, 5.41) is 0. The van der Waals surface area contributed by atoms with E-state index in [4.69, 9.17) is 0 Å². The van der Waals surface area contributed by atoms with Crippen molar-refractivity contribution < 1.29 is 0 Å². The van der Waals surface area contributed by atoms with Gasteiger partial charge in [-0.3, -0.25) is 0 Å². The topological polar surface area (TPSA) is 0 Å². The standard InChI is InChI=1S/C16H30/c1-3-5-7-9-11-13-15-16-14-12-10-8-6-4-2/h3,5,7,9H,4,6,8,10-16H2,1-2H3. The van der Waals surface area contributed by atoms with Gasteiger partial charge in [0.1, 0.15) is 0 Å². The molecule has 0 unspecified atom stereocenters. The highest BCUT2D eigenvalue weighted by Crippen LogP contribution is 2.10. The molecular weight excluding hydrogens is 192 g/mol. The zero-order chi connectivity index (χ0) is 11.9. The molecule has 0 aliphatic rings. The van der Waals surface area contributed by atoms with Crippen molar-refractivity contribution in [2.45, 2.75) is 78.1 Å². The van der Waals surface area contributed by atoms with E-state index < -0.39 is 0 Å². The van der Waals surface area contributed by atoms with Crippen LogP contribution in [0.3, 0.4) is 0 Å². The van der Waals surface area contributed by atoms with Gasteiger partial charge in [0.25, 0.3) is 0 Å². The van der Waals surface area contributed by atoms with Crippen molar-refractivity contribution in [2.75, 3.05) is 0 Å². The summed E-state index contributed by atoms with van der Waals surface area (Å²) >= 11 is 0. The lowest BCUT2D eigenvalue weighted by atomic mass is 10.1. The molecule has 0 heteroatoms. The Morgan fingerprint density at radius 1 is 0.688 bits per heavy atom. The SMILES string of the molecule is CC=CC=CCCCCCCCCCCC. The maximum absolute atomic E-state index is 2.28. The largest absolute Gasteiger partial charge is 0.0877 e. The first kappa shape index (κ1) is 15.5. The van der Waals surface area contributed by atoms with Gasteiger partial charge in [0.15, 0.2) is 0 Å². The highest BCUT2D eigenvalue weighted by molar-refractivity contribution is 5.00. The number of allylic oxidation sites excluding steroid dienone is 4. The molecule has 0 aliphatic heterocycles. The highest BCUT2D eigenvalue weighted by atomic mass is 14.0. The van der Waals surface area contributed by atoms with Gasteiger partial charge in [-0.2, -0.15) is 0 Å². The maximum Gasteiger partial charge on any atom is -0.0348 e. The van der Waals surface area contributed by atoms with E-state index in [9.17, 15) is 0 Å². The van der Waals surface area contributed by atoms with Crippen LogP contribution < -0.4 is 0 Å². The van der Waals surface area contributed by atoms with Gasteiger partial charge in [0.05, 0.1) is 0 Å². The van der Waals surface area contributed by atoms with Crippen LogP contribution in [0, 0.1) is 0 Å². The van der Waals surface area contributed by atoms with Crippen molar-refractivity contribution in [2.24, 2.45) is 0 Å². The predicted octanol–water partition coefficient (Wildman–Crippen LogP) is 6.04. The molecular formula is C16H30. The minimum Gasteiger partial charge on any atom is -0.0877 e. The first-order valence-electron chi connectivity index (χ1n) is 7.19. The van der Waals surface area contributed by atoms with Gasteiger partial charge in [-0.05, 0) is 19.8 Å². The Hall–Kier alpha value is -0.520. The van der Waals surface area contributed by atoms with E-state index in [0.717, 1.165) is 0 Å². The van der Waals surface area contributed by atoms with E-state index in [1.54, 1.807) is 0 Å². The van der Waals surface area contributed by atoms with Crippen LogP contribution in [0.1, 0.15) is 78.1 Å². The molecule has 0 radical (unpaired) electrons. The fourth-order valence-electron chi connectivity index (χ4n) is 1.86. The van der Waals surface area contributed by atoms with Crippen molar-refractivity contribution in [3.63, 3.8) is 0 Å². The van der Waals surface area contributed by atoms with E-state index >= 15 is 0 Å². The molecule has 0 bridgehead atoms. The Morgan fingerprint density at radius 3 is 1.81 bits per heavy atom. The molecule has 0 fully saturated rings. The molecule has 0 N–H and O–H groups in total. The molecule has 0 aromatic rings. The second-order valence-electron chi connectivity index (χ2n) is 4.57. The molecule has 0 aromatic heterocycles. The van der Waals surface area contributed by atoms with Crippen LogP contribution >= 0.6 is 0 Å². The second kappa shape index (κ2) is 14.5. The van der Waals surface area contributed by atoms with Crippen LogP contribution in [-0.4, -0.2) is 0 Å². The number of hydrogen-bond donors (Lipinski definition) is 0. The summed E-state index contributed by atoms with van der Waals surface area (Å²) in [4.78, 5) is 0. The highest BCUT2D eigenvalue weighted by Gasteiger charge is 1.90. The van der Waals surface area contributed by atoms with Gasteiger partial charge in [0, 0.05) is 0 Å². The number of unbranched alkanes of at least 4 members (excludes halogenated alkanes) is 9. The fourth-order valence-corrected chi connectivity index (χ4v) is 1.86. The molecule has 94 valence electrons. The summed E-state index contributed by atoms with van der Waals surface area (Å²) in [5.74, 6) is 0. The first-order valence-corrected chi connectivity index (χ1v) is 7.19. The van der Waals surface area contributed by atoms with Gasteiger partial charge >= 0.3 is 0 Å². The molecule has 0 aliphatic carbocycles. The van der Waals surface area contributed by atoms with E-state index in [2.05, 4.69) is 38.2 Å². The van der Waals surface area contributed by atoms with Crippen molar-refractivity contribution in [3.05, 3.63) is 24.3 Å². The number of hydrogen-bond acceptors (Lipinski definition) is 0. The summed E-state index contributed by atoms with van der Waals surface area (Å²) < 4.78 is 0. The van der Waals surface area contributed by atoms with Gasteiger partial charge in [-0.25, -0.2) is 0 Å². The Kier molecular flexibility index (Phi) is 14.0. The molecule has 0 saturated carbocycles. The predicted molar refractivity (Wildman–Crippen MR) is 75.8 cm³/mol. The lowest BCUT2D eigenvalue weighted by Crippen LogP contribution is -1.80. The van der Waals surface area contributed by atoms with E-state index in [0.29, 0.717) is 0 Å². The third kappa shape index (κ3) is 13.5. The van der Waals surface area contributed by atoms with E-state index in [1.165, 1.54) is 64.2 Å². The number of rotatable bonds is 11. The minimum atomic E-state index is 1.25. The summed E-state index contributed by atoms with van der Waals surface area (Å²) in [5.41, 5.74) is 0. The van der Waals surface area contributed by atoms with Crippen LogP contribution in [0.5, 0.6) is 0 Å². The summed E-state index contributed by atoms with van der Waals surface area (Å²) in [6.45, 7) is 4.34. The second-order valence-corrected chi connectivity index (χ2v) is 4.57. The average Bonchev–Trinajstić information content (AvgIpc) is 2.31. The van der Waals surface area contributed by atoms with Crippen LogP contribution in [0.4, 0.5) is 0 Å². The van der Waals surface area contributed by atoms with Crippen LogP contribution in [-0.2, 0) is 0 Å². The monoisotopic (exact) mass is 222 g/mol. The van der Waals surface area contributed by atoms with Crippen LogP contribution in [0.2, 0.25) is 0 Å². The Balaban J connectivity index is 2.98. The van der Waals surface area contributed by atoms with Gasteiger partial charge in [-0.1, -0.05) is 82.6 Å². The average molecular weight is 222 g/mol. The molecule has 0 rings (SSSR count). The van der Waals surface area contributed by atoms with Crippen molar-refractivity contribution in [1.29, 1.82) is 0 Å². The summed E-state index contributed by atoms with van der Waals surface area (Å²) in [6, 6.07) is 0. The molecule has 0 nitrogen and oxygen atoms in total. The van der Waals surface area contributed by atoms with Gasteiger partial charge < -0.3 is 0 Å². The summed E-state index contributed by atoms with van der Waals surface area (Å²) in [6.07, 6.45) is 22.7. The van der Waals surface area contributed by atoms with Crippen molar-refractivity contribution in [3.8, 4) is 0 Å². The molecule has 0 spiro atoms. The molecule has 16 heavy (non-hydrogen) atoms. The zero-order valence-corrected chi connectivity index (χ0v) is 11.4. The van der Waals surface area contributed by atoms with Crippen LogP contribution in [0.25, 0.3) is 0 Å². The normalized spacial score (nSPS) is 11.9. The maximum atomic E-state index is 2.28. The summed E-state index contributed by atoms with van der Waals surface area (Å²) in [7, 11) is 0. The van der Waals surface area contributed by atoms with Crippen molar-refractivity contribution >= 4 is 0 Å². The van der Waals surface area contributed by atoms with E-state index in [1.807, 2.05) is 0 Å². The Morgan fingerprint density at radius 2 is 1.25 bits per heavy atom. The van der Waals surface area contributed by atoms with E-state index in [-0.39, 0.29) is 0 Å². The smallest absolute Gasteiger partial charge is 0.0348 e. The quantitative estimate of drug-likeness (QED) is 0.295. The molecule has 0 aromatic carbocycles. The fraction of sp³-hybridized carbons (Fsp3) is 0.750.